The first-order chi connectivity index (χ1) is 20.7. The summed E-state index contributed by atoms with van der Waals surface area (Å²) in [5.41, 5.74) is -4.46. The van der Waals surface area contributed by atoms with E-state index in [1.54, 1.807) is 6.92 Å². The van der Waals surface area contributed by atoms with Crippen molar-refractivity contribution >= 4 is 5.83 Å². The Kier molecular flexibility index (Phi) is 9.55. The van der Waals surface area contributed by atoms with Crippen molar-refractivity contribution in [1.82, 2.24) is 0 Å². The lowest BCUT2D eigenvalue weighted by Gasteiger charge is -2.20. The maximum absolute atomic E-state index is 14.9. The molecule has 0 aliphatic rings. The number of ether oxygens (including phenoxy) is 2. The Balaban J connectivity index is 1.58. The first kappa shape index (κ1) is 32.4. The molecule has 0 unspecified atom stereocenters. The van der Waals surface area contributed by atoms with Crippen molar-refractivity contribution in [3.8, 4) is 28.0 Å². The lowest BCUT2D eigenvalue weighted by atomic mass is 10.0. The van der Waals surface area contributed by atoms with Gasteiger partial charge in [-0.05, 0) is 47.9 Å². The van der Waals surface area contributed by atoms with Crippen molar-refractivity contribution in [3.05, 3.63) is 119 Å². The van der Waals surface area contributed by atoms with Crippen LogP contribution in [-0.4, -0.2) is 6.61 Å². The molecule has 0 bridgehead atoms. The highest BCUT2D eigenvalue weighted by molar-refractivity contribution is 5.69. The van der Waals surface area contributed by atoms with Gasteiger partial charge >= 0.3 is 12.1 Å². The summed E-state index contributed by atoms with van der Waals surface area (Å²) in [6.07, 6.45) is -3.45. The smallest absolute Gasteiger partial charge is 0.429 e. The van der Waals surface area contributed by atoms with E-state index in [0.29, 0.717) is 31.0 Å². The van der Waals surface area contributed by atoms with Gasteiger partial charge < -0.3 is 9.47 Å². The van der Waals surface area contributed by atoms with Gasteiger partial charge in [0.1, 0.15) is 29.0 Å². The summed E-state index contributed by atoms with van der Waals surface area (Å²) < 4.78 is 166. The number of hydrogen-bond donors (Lipinski definition) is 0. The Hall–Kier alpha value is -4.55. The highest BCUT2D eigenvalue weighted by Crippen LogP contribution is 2.38. The normalized spacial score (nSPS) is 12.3. The molecule has 0 saturated heterocycles. The van der Waals surface area contributed by atoms with Crippen LogP contribution in [0.15, 0.2) is 66.7 Å². The van der Waals surface area contributed by atoms with Crippen LogP contribution < -0.4 is 4.74 Å². The maximum Gasteiger partial charge on any atom is 0.429 e. The Morgan fingerprint density at radius 3 is 1.86 bits per heavy atom. The highest BCUT2D eigenvalue weighted by atomic mass is 19.3. The van der Waals surface area contributed by atoms with Crippen molar-refractivity contribution in [3.63, 3.8) is 0 Å². The molecule has 0 amide bonds. The minimum absolute atomic E-state index is 0.107. The zero-order valence-corrected chi connectivity index (χ0v) is 22.4. The van der Waals surface area contributed by atoms with Crippen LogP contribution in [0, 0.1) is 40.7 Å². The molecule has 232 valence electrons. The van der Waals surface area contributed by atoms with Gasteiger partial charge in [0.05, 0.1) is 17.7 Å². The number of halogens is 11. The SMILES string of the molecule is CCCCO/C(F)=C(\F)c1ccc(-c2ccc(C(F)(F)Oc3cc(F)c(-c4cc(F)c(F)c(F)c4)c(F)c3)c(F)c2)c(F)c1. The Labute approximate surface area is 243 Å². The van der Waals surface area contributed by atoms with Gasteiger partial charge in [-0.2, -0.15) is 17.6 Å². The van der Waals surface area contributed by atoms with E-state index in [4.69, 9.17) is 0 Å². The maximum atomic E-state index is 14.9. The summed E-state index contributed by atoms with van der Waals surface area (Å²) in [6, 6.07) is 3.86. The van der Waals surface area contributed by atoms with Crippen molar-refractivity contribution in [2.75, 3.05) is 6.61 Å². The Bertz CT molecular complexity index is 1690. The molecule has 0 N–H and O–H groups in total. The average molecular weight is 632 g/mol. The predicted octanol–water partition coefficient (Wildman–Crippen LogP) is 10.5. The third kappa shape index (κ3) is 6.81. The molecule has 13 heteroatoms. The van der Waals surface area contributed by atoms with E-state index in [1.807, 2.05) is 0 Å². The quantitative estimate of drug-likeness (QED) is 0.0750. The molecule has 44 heavy (non-hydrogen) atoms. The van der Waals surface area contributed by atoms with E-state index in [2.05, 4.69) is 9.47 Å². The Morgan fingerprint density at radius 1 is 0.682 bits per heavy atom. The van der Waals surface area contributed by atoms with Crippen LogP contribution in [0.4, 0.5) is 48.3 Å². The average Bonchev–Trinajstić information content (AvgIpc) is 2.94. The third-order valence-electron chi connectivity index (χ3n) is 6.25. The van der Waals surface area contributed by atoms with Gasteiger partial charge in [-0.1, -0.05) is 31.5 Å². The number of benzene rings is 4. The summed E-state index contributed by atoms with van der Waals surface area (Å²) in [4.78, 5) is 0. The predicted molar refractivity (Wildman–Crippen MR) is 138 cm³/mol. The van der Waals surface area contributed by atoms with Gasteiger partial charge in [0.15, 0.2) is 17.5 Å². The zero-order valence-electron chi connectivity index (χ0n) is 22.4. The van der Waals surface area contributed by atoms with E-state index < -0.39 is 86.7 Å². The van der Waals surface area contributed by atoms with Crippen molar-refractivity contribution in [2.45, 2.75) is 25.9 Å². The molecule has 0 heterocycles. The first-order valence-corrected chi connectivity index (χ1v) is 12.7. The van der Waals surface area contributed by atoms with E-state index in [9.17, 15) is 48.3 Å². The van der Waals surface area contributed by atoms with Crippen LogP contribution in [0.1, 0.15) is 30.9 Å². The minimum atomic E-state index is -4.55. The summed E-state index contributed by atoms with van der Waals surface area (Å²) in [5, 5.41) is 0. The van der Waals surface area contributed by atoms with E-state index in [0.717, 1.165) is 18.2 Å². The number of alkyl halides is 2. The fourth-order valence-corrected chi connectivity index (χ4v) is 4.07. The van der Waals surface area contributed by atoms with E-state index in [1.165, 1.54) is 0 Å². The van der Waals surface area contributed by atoms with Gasteiger partial charge in [0.25, 0.3) is 0 Å². The van der Waals surface area contributed by atoms with Crippen LogP contribution in [-0.2, 0) is 10.8 Å². The van der Waals surface area contributed by atoms with Gasteiger partial charge in [0, 0.05) is 23.3 Å². The molecule has 0 radical (unpaired) electrons. The first-order valence-electron chi connectivity index (χ1n) is 12.7. The van der Waals surface area contributed by atoms with Gasteiger partial charge in [-0.15, -0.1) is 0 Å². The van der Waals surface area contributed by atoms with Gasteiger partial charge in [0.2, 0.25) is 5.83 Å². The lowest BCUT2D eigenvalue weighted by molar-refractivity contribution is -0.187. The second kappa shape index (κ2) is 13.0. The summed E-state index contributed by atoms with van der Waals surface area (Å²) >= 11 is 0. The molecule has 0 aliphatic heterocycles. The number of hydrogen-bond acceptors (Lipinski definition) is 2. The summed E-state index contributed by atoms with van der Waals surface area (Å²) in [6.45, 7) is 1.69. The lowest BCUT2D eigenvalue weighted by Crippen LogP contribution is -2.23. The number of rotatable bonds is 10. The van der Waals surface area contributed by atoms with Crippen molar-refractivity contribution < 1.29 is 57.8 Å². The fraction of sp³-hybridized carbons (Fsp3) is 0.161. The van der Waals surface area contributed by atoms with Crippen LogP contribution in [0.25, 0.3) is 28.1 Å². The molecular formula is C31H19F11O2. The standard InChI is InChI=1S/C31H19F11O2/c1-2-3-8-43-30(40)28(38)16-4-6-19(21(32)10-16)15-5-7-20(22(33)9-15)31(41,42)44-18-13-23(34)27(24(35)14-18)17-11-25(36)29(39)26(37)12-17/h4-7,9-14H,2-3,8H2,1H3/b30-28-. The molecular weight excluding hydrogens is 613 g/mol. The molecule has 0 spiro atoms. The molecule has 2 nitrogen and oxygen atoms in total. The molecule has 0 fully saturated rings. The van der Waals surface area contributed by atoms with E-state index in [-0.39, 0.29) is 42.0 Å². The molecule has 4 aromatic rings. The minimum Gasteiger partial charge on any atom is -0.469 e. The second-order valence-electron chi connectivity index (χ2n) is 9.31. The molecule has 4 aromatic carbocycles. The van der Waals surface area contributed by atoms with Crippen molar-refractivity contribution in [1.29, 1.82) is 0 Å². The summed E-state index contributed by atoms with van der Waals surface area (Å²) in [5.74, 6) is -14.1. The van der Waals surface area contributed by atoms with Gasteiger partial charge in [-0.3, -0.25) is 0 Å². The Morgan fingerprint density at radius 2 is 1.30 bits per heavy atom. The zero-order chi connectivity index (χ0) is 32.3. The molecule has 0 aliphatic carbocycles. The van der Waals surface area contributed by atoms with Crippen LogP contribution in [0.5, 0.6) is 5.75 Å². The topological polar surface area (TPSA) is 18.5 Å². The molecule has 4 rings (SSSR count). The van der Waals surface area contributed by atoms with Gasteiger partial charge in [-0.25, -0.2) is 30.7 Å². The fourth-order valence-electron chi connectivity index (χ4n) is 4.07. The largest absolute Gasteiger partial charge is 0.469 e. The molecule has 0 saturated carbocycles. The van der Waals surface area contributed by atoms with Crippen LogP contribution >= 0.6 is 0 Å². The summed E-state index contributed by atoms with van der Waals surface area (Å²) in [7, 11) is 0. The van der Waals surface area contributed by atoms with Crippen LogP contribution in [0.3, 0.4) is 0 Å². The highest BCUT2D eigenvalue weighted by Gasteiger charge is 2.38. The number of unbranched alkanes of at least 4 members (excludes halogenated alkanes) is 1. The monoisotopic (exact) mass is 632 g/mol. The molecule has 0 atom stereocenters. The van der Waals surface area contributed by atoms with E-state index >= 15 is 0 Å². The van der Waals surface area contributed by atoms with Crippen LogP contribution in [0.2, 0.25) is 0 Å². The van der Waals surface area contributed by atoms with Crippen molar-refractivity contribution in [2.24, 2.45) is 0 Å². The second-order valence-corrected chi connectivity index (χ2v) is 9.31. The third-order valence-corrected chi connectivity index (χ3v) is 6.25. The molecule has 0 aromatic heterocycles.